The number of carbonyl (C=O) groups excluding carboxylic acids is 3. The van der Waals surface area contributed by atoms with Crippen LogP contribution in [0.15, 0.2) is 24.3 Å². The van der Waals surface area contributed by atoms with E-state index in [-0.39, 0.29) is 48.6 Å². The highest BCUT2D eigenvalue weighted by Gasteiger charge is 2.42. The second-order valence-electron chi connectivity index (χ2n) is 9.45. The minimum Gasteiger partial charge on any atom is -0.349 e. The maximum atomic E-state index is 13.6. The molecule has 34 heavy (non-hydrogen) atoms. The molecule has 1 heterocycles. The SMILES string of the molecule is CN(C)C(=O)[C@@H](C1CCC(N(C)C(=O)c2cccc(F)c2)CC1)[C@H](N)C(=O)N1CC[C@H](F)C1.Cl. The molecule has 1 aliphatic carbocycles. The first-order valence-corrected chi connectivity index (χ1v) is 11.5. The van der Waals surface area contributed by atoms with E-state index in [1.54, 1.807) is 32.1 Å². The Bertz CT molecular complexity index is 880. The highest BCUT2D eigenvalue weighted by Crippen LogP contribution is 2.35. The summed E-state index contributed by atoms with van der Waals surface area (Å²) in [5.41, 5.74) is 6.62. The Balaban J connectivity index is 0.00000408. The van der Waals surface area contributed by atoms with Gasteiger partial charge in [0.25, 0.3) is 5.91 Å². The number of nitrogens with zero attached hydrogens (tertiary/aromatic N) is 3. The van der Waals surface area contributed by atoms with Gasteiger partial charge < -0.3 is 20.4 Å². The Morgan fingerprint density at radius 1 is 1.09 bits per heavy atom. The summed E-state index contributed by atoms with van der Waals surface area (Å²) in [4.78, 5) is 43.2. The first kappa shape index (κ1) is 28.0. The average molecular weight is 501 g/mol. The zero-order chi connectivity index (χ0) is 24.3. The third-order valence-corrected chi connectivity index (χ3v) is 7.03. The van der Waals surface area contributed by atoms with Crippen molar-refractivity contribution in [2.75, 3.05) is 34.2 Å². The molecule has 3 rings (SSSR count). The minimum atomic E-state index is -1.05. The third-order valence-electron chi connectivity index (χ3n) is 7.03. The van der Waals surface area contributed by atoms with Crippen molar-refractivity contribution >= 4 is 30.1 Å². The van der Waals surface area contributed by atoms with Crippen LogP contribution in [0, 0.1) is 17.7 Å². The highest BCUT2D eigenvalue weighted by molar-refractivity contribution is 5.94. The number of halogens is 3. The van der Waals surface area contributed by atoms with E-state index in [0.29, 0.717) is 44.2 Å². The molecule has 2 fully saturated rings. The molecule has 190 valence electrons. The molecule has 0 radical (unpaired) electrons. The lowest BCUT2D eigenvalue weighted by molar-refractivity contribution is -0.143. The van der Waals surface area contributed by atoms with Crippen molar-refractivity contribution in [1.82, 2.24) is 14.7 Å². The number of likely N-dealkylation sites (tertiary alicyclic amines) is 1. The summed E-state index contributed by atoms with van der Waals surface area (Å²) in [5.74, 6) is -2.11. The molecule has 7 nitrogen and oxygen atoms in total. The van der Waals surface area contributed by atoms with Gasteiger partial charge in [0.15, 0.2) is 0 Å². The quantitative estimate of drug-likeness (QED) is 0.650. The molecule has 0 aromatic heterocycles. The van der Waals surface area contributed by atoms with Crippen LogP contribution in [0.4, 0.5) is 8.78 Å². The zero-order valence-electron chi connectivity index (χ0n) is 20.0. The van der Waals surface area contributed by atoms with Gasteiger partial charge in [0.2, 0.25) is 11.8 Å². The summed E-state index contributed by atoms with van der Waals surface area (Å²) in [6.45, 7) is 0.339. The van der Waals surface area contributed by atoms with Crippen LogP contribution in [0.2, 0.25) is 0 Å². The van der Waals surface area contributed by atoms with E-state index in [4.69, 9.17) is 5.73 Å². The number of hydrogen-bond acceptors (Lipinski definition) is 4. The fourth-order valence-electron chi connectivity index (χ4n) is 5.07. The Kier molecular flexibility index (Phi) is 9.82. The standard InChI is InChI=1S/C24H34F2N4O3.ClH/c1-28(2)23(32)20(21(27)24(33)30-12-11-18(26)14-30)15-7-9-19(10-8-15)29(3)22(31)16-5-4-6-17(25)13-16;/h4-6,13,15,18-21H,7-12,14,27H2,1-3H3;1H/t15?,18-,19?,20-,21-;/m0./s1. The third kappa shape index (κ3) is 6.24. The van der Waals surface area contributed by atoms with Crippen molar-refractivity contribution in [1.29, 1.82) is 0 Å². The molecule has 3 amide bonds. The van der Waals surface area contributed by atoms with Crippen molar-refractivity contribution in [2.24, 2.45) is 17.6 Å². The summed E-state index contributed by atoms with van der Waals surface area (Å²) in [6.07, 6.45) is 1.80. The van der Waals surface area contributed by atoms with Crippen LogP contribution in [-0.4, -0.2) is 84.9 Å². The molecule has 2 aliphatic rings. The molecule has 1 aromatic carbocycles. The maximum Gasteiger partial charge on any atom is 0.253 e. The fourth-order valence-corrected chi connectivity index (χ4v) is 5.07. The molecular formula is C24H35ClF2N4O3. The number of alkyl halides is 1. The highest BCUT2D eigenvalue weighted by atomic mass is 35.5. The van der Waals surface area contributed by atoms with Gasteiger partial charge in [-0.2, -0.15) is 0 Å². The number of amides is 3. The smallest absolute Gasteiger partial charge is 0.253 e. The number of benzene rings is 1. The van der Waals surface area contributed by atoms with E-state index in [0.717, 1.165) is 0 Å². The zero-order valence-corrected chi connectivity index (χ0v) is 20.8. The Morgan fingerprint density at radius 3 is 2.26 bits per heavy atom. The van der Waals surface area contributed by atoms with E-state index >= 15 is 0 Å². The lowest BCUT2D eigenvalue weighted by atomic mass is 9.74. The van der Waals surface area contributed by atoms with Gasteiger partial charge in [0.05, 0.1) is 18.5 Å². The van der Waals surface area contributed by atoms with Crippen molar-refractivity contribution in [3.05, 3.63) is 35.6 Å². The lowest BCUT2D eigenvalue weighted by Crippen LogP contribution is -2.54. The van der Waals surface area contributed by atoms with Gasteiger partial charge in [0.1, 0.15) is 12.0 Å². The second kappa shape index (κ2) is 11.9. The molecule has 1 saturated heterocycles. The second-order valence-corrected chi connectivity index (χ2v) is 9.45. The van der Waals surface area contributed by atoms with Gasteiger partial charge in [0, 0.05) is 39.3 Å². The Labute approximate surface area is 206 Å². The molecule has 0 unspecified atom stereocenters. The lowest BCUT2D eigenvalue weighted by Gasteiger charge is -2.39. The van der Waals surface area contributed by atoms with Crippen molar-refractivity contribution in [2.45, 2.75) is 50.4 Å². The largest absolute Gasteiger partial charge is 0.349 e. The molecule has 1 aromatic rings. The summed E-state index contributed by atoms with van der Waals surface area (Å²) in [5, 5.41) is 0. The van der Waals surface area contributed by atoms with Crippen LogP contribution < -0.4 is 5.73 Å². The summed E-state index contributed by atoms with van der Waals surface area (Å²) < 4.78 is 27.1. The number of carbonyl (C=O) groups is 3. The van der Waals surface area contributed by atoms with Crippen LogP contribution in [0.1, 0.15) is 42.5 Å². The van der Waals surface area contributed by atoms with E-state index < -0.39 is 23.9 Å². The van der Waals surface area contributed by atoms with Gasteiger partial charge in [-0.25, -0.2) is 8.78 Å². The van der Waals surface area contributed by atoms with Gasteiger partial charge in [-0.05, 0) is 56.2 Å². The summed E-state index contributed by atoms with van der Waals surface area (Å²) in [6, 6.07) is 4.54. The topological polar surface area (TPSA) is 87.0 Å². The van der Waals surface area contributed by atoms with Crippen LogP contribution in [0.3, 0.4) is 0 Å². The van der Waals surface area contributed by atoms with E-state index in [9.17, 15) is 23.2 Å². The summed E-state index contributed by atoms with van der Waals surface area (Å²) in [7, 11) is 4.98. The minimum absolute atomic E-state index is 0. The predicted molar refractivity (Wildman–Crippen MR) is 128 cm³/mol. The monoisotopic (exact) mass is 500 g/mol. The van der Waals surface area contributed by atoms with Crippen molar-refractivity contribution in [3.63, 3.8) is 0 Å². The van der Waals surface area contributed by atoms with Crippen molar-refractivity contribution in [3.8, 4) is 0 Å². The first-order chi connectivity index (χ1) is 15.6. The van der Waals surface area contributed by atoms with Crippen LogP contribution in [0.25, 0.3) is 0 Å². The van der Waals surface area contributed by atoms with Crippen LogP contribution in [-0.2, 0) is 9.59 Å². The van der Waals surface area contributed by atoms with Gasteiger partial charge in [-0.3, -0.25) is 14.4 Å². The van der Waals surface area contributed by atoms with Gasteiger partial charge in [-0.1, -0.05) is 6.07 Å². The van der Waals surface area contributed by atoms with E-state index in [2.05, 4.69) is 0 Å². The molecule has 0 spiro atoms. The average Bonchev–Trinajstić information content (AvgIpc) is 3.24. The molecule has 0 bridgehead atoms. The Hall–Kier alpha value is -2.26. The van der Waals surface area contributed by atoms with E-state index in [1.807, 2.05) is 0 Å². The molecule has 10 heteroatoms. The van der Waals surface area contributed by atoms with E-state index in [1.165, 1.54) is 28.0 Å². The molecule has 2 N–H and O–H groups in total. The normalized spacial score (nSPS) is 24.1. The van der Waals surface area contributed by atoms with Crippen LogP contribution in [0.5, 0.6) is 0 Å². The van der Waals surface area contributed by atoms with Crippen LogP contribution >= 0.6 is 12.4 Å². The number of rotatable bonds is 6. The Morgan fingerprint density at radius 2 is 1.74 bits per heavy atom. The van der Waals surface area contributed by atoms with Crippen molar-refractivity contribution < 1.29 is 23.2 Å². The predicted octanol–water partition coefficient (Wildman–Crippen LogP) is 2.48. The molecule has 1 aliphatic heterocycles. The molecular weight excluding hydrogens is 466 g/mol. The van der Waals surface area contributed by atoms with Gasteiger partial charge in [-0.15, -0.1) is 12.4 Å². The van der Waals surface area contributed by atoms with Gasteiger partial charge >= 0.3 is 0 Å². The molecule has 1 saturated carbocycles. The first-order valence-electron chi connectivity index (χ1n) is 11.5. The fraction of sp³-hybridized carbons (Fsp3) is 0.625. The molecule has 3 atom stereocenters. The maximum absolute atomic E-state index is 13.6. The summed E-state index contributed by atoms with van der Waals surface area (Å²) >= 11 is 0. The number of hydrogen-bond donors (Lipinski definition) is 1. The number of nitrogens with two attached hydrogens (primary N) is 1.